The Bertz CT molecular complexity index is 481. The third-order valence-corrected chi connectivity index (χ3v) is 5.84. The molecule has 4 bridgehead atoms. The summed E-state index contributed by atoms with van der Waals surface area (Å²) >= 11 is 0. The fourth-order valence-corrected chi connectivity index (χ4v) is 5.17. The highest BCUT2D eigenvalue weighted by molar-refractivity contribution is 5.84. The van der Waals surface area contributed by atoms with Gasteiger partial charge >= 0.3 is 5.97 Å². The number of hydrogen-bond donors (Lipinski definition) is 2. The molecule has 128 valence electrons. The number of esters is 1. The Hall–Kier alpha value is -1.59. The molecule has 0 aromatic heterocycles. The molecule has 0 aromatic carbocycles. The summed E-state index contributed by atoms with van der Waals surface area (Å²) in [6, 6.07) is 0. The lowest BCUT2D eigenvalue weighted by molar-refractivity contribution is -0.154. The van der Waals surface area contributed by atoms with Crippen LogP contribution in [0.25, 0.3) is 0 Å². The standard InChI is InChI=1S/C17H26N2O4/c1-10(15(18)21)23-14(20)2-3-19-16(22)17-7-11-4-12(8-17)6-13(5-11)9-17/h10-13H,2-9H2,1H3,(H2,18,21)(H,19,22)/t10-,11?,12?,13?,17?/m1/s1. The summed E-state index contributed by atoms with van der Waals surface area (Å²) in [7, 11) is 0. The number of nitrogens with one attached hydrogen (secondary N) is 1. The predicted octanol–water partition coefficient (Wildman–Crippen LogP) is 1.13. The summed E-state index contributed by atoms with van der Waals surface area (Å²) in [5.74, 6) is 1.07. The largest absolute Gasteiger partial charge is 0.453 e. The Kier molecular flexibility index (Phi) is 4.34. The van der Waals surface area contributed by atoms with E-state index < -0.39 is 18.0 Å². The van der Waals surface area contributed by atoms with Crippen LogP contribution in [0.3, 0.4) is 0 Å². The number of ether oxygens (including phenoxy) is 1. The first kappa shape index (κ1) is 16.3. The number of hydrogen-bond acceptors (Lipinski definition) is 4. The summed E-state index contributed by atoms with van der Waals surface area (Å²) in [6.07, 6.45) is 6.05. The van der Waals surface area contributed by atoms with Gasteiger partial charge in [-0.05, 0) is 63.2 Å². The first-order valence-corrected chi connectivity index (χ1v) is 8.65. The Morgan fingerprint density at radius 2 is 1.65 bits per heavy atom. The van der Waals surface area contributed by atoms with Crippen molar-refractivity contribution in [2.45, 2.75) is 58.0 Å². The first-order chi connectivity index (χ1) is 10.9. The first-order valence-electron chi connectivity index (χ1n) is 8.65. The fourth-order valence-electron chi connectivity index (χ4n) is 5.17. The van der Waals surface area contributed by atoms with Gasteiger partial charge < -0.3 is 15.8 Å². The monoisotopic (exact) mass is 322 g/mol. The number of nitrogens with two attached hydrogens (primary N) is 1. The van der Waals surface area contributed by atoms with Crippen LogP contribution in [0.15, 0.2) is 0 Å². The van der Waals surface area contributed by atoms with Gasteiger partial charge in [-0.15, -0.1) is 0 Å². The van der Waals surface area contributed by atoms with Gasteiger partial charge in [-0.25, -0.2) is 0 Å². The zero-order valence-corrected chi connectivity index (χ0v) is 13.7. The summed E-state index contributed by atoms with van der Waals surface area (Å²) in [5, 5.41) is 2.92. The topological polar surface area (TPSA) is 98.5 Å². The molecule has 0 heterocycles. The molecule has 6 heteroatoms. The van der Waals surface area contributed by atoms with Crippen molar-refractivity contribution in [2.75, 3.05) is 6.54 Å². The van der Waals surface area contributed by atoms with Crippen LogP contribution < -0.4 is 11.1 Å². The lowest BCUT2D eigenvalue weighted by Gasteiger charge is -2.55. The van der Waals surface area contributed by atoms with E-state index >= 15 is 0 Å². The maximum absolute atomic E-state index is 12.7. The Morgan fingerprint density at radius 1 is 1.13 bits per heavy atom. The molecule has 23 heavy (non-hydrogen) atoms. The van der Waals surface area contributed by atoms with Crippen molar-refractivity contribution in [1.29, 1.82) is 0 Å². The van der Waals surface area contributed by atoms with Crippen molar-refractivity contribution < 1.29 is 19.1 Å². The van der Waals surface area contributed by atoms with Crippen molar-refractivity contribution in [3.8, 4) is 0 Å². The molecule has 0 aliphatic heterocycles. The average Bonchev–Trinajstić information content (AvgIpc) is 2.45. The van der Waals surface area contributed by atoms with Gasteiger partial charge in [0.25, 0.3) is 5.91 Å². The van der Waals surface area contributed by atoms with E-state index in [4.69, 9.17) is 10.5 Å². The maximum Gasteiger partial charge on any atom is 0.308 e. The molecule has 4 aliphatic carbocycles. The van der Waals surface area contributed by atoms with Crippen molar-refractivity contribution in [1.82, 2.24) is 5.32 Å². The molecule has 6 nitrogen and oxygen atoms in total. The second kappa shape index (κ2) is 6.13. The third kappa shape index (κ3) is 3.35. The van der Waals surface area contributed by atoms with Crippen LogP contribution in [0.2, 0.25) is 0 Å². The molecular formula is C17H26N2O4. The van der Waals surface area contributed by atoms with Crippen LogP contribution in [0.5, 0.6) is 0 Å². The lowest BCUT2D eigenvalue weighted by atomic mass is 9.49. The summed E-state index contributed by atoms with van der Waals surface area (Å²) in [6.45, 7) is 1.69. The number of carbonyl (C=O) groups excluding carboxylic acids is 3. The van der Waals surface area contributed by atoms with Gasteiger partial charge in [-0.2, -0.15) is 0 Å². The molecule has 0 unspecified atom stereocenters. The van der Waals surface area contributed by atoms with Crippen LogP contribution in [0.1, 0.15) is 51.9 Å². The Labute approximate surface area is 136 Å². The second-order valence-corrected chi connectivity index (χ2v) is 7.74. The molecule has 0 spiro atoms. The lowest BCUT2D eigenvalue weighted by Crippen LogP contribution is -2.53. The Morgan fingerprint density at radius 3 is 2.13 bits per heavy atom. The molecular weight excluding hydrogens is 296 g/mol. The van der Waals surface area contributed by atoms with Crippen LogP contribution in [0, 0.1) is 23.2 Å². The van der Waals surface area contributed by atoms with Gasteiger partial charge in [0.05, 0.1) is 6.42 Å². The fraction of sp³-hybridized carbons (Fsp3) is 0.824. The van der Waals surface area contributed by atoms with Crippen molar-refractivity contribution >= 4 is 17.8 Å². The molecule has 0 radical (unpaired) electrons. The molecule has 4 aliphatic rings. The molecule has 4 rings (SSSR count). The minimum absolute atomic E-state index is 0.0652. The van der Waals surface area contributed by atoms with E-state index in [1.54, 1.807) is 0 Å². The van der Waals surface area contributed by atoms with Crippen molar-refractivity contribution in [3.05, 3.63) is 0 Å². The second-order valence-electron chi connectivity index (χ2n) is 7.74. The minimum atomic E-state index is -0.929. The van der Waals surface area contributed by atoms with E-state index in [9.17, 15) is 14.4 Å². The highest BCUT2D eigenvalue weighted by Crippen LogP contribution is 2.60. The number of primary amides is 1. The molecule has 0 aromatic rings. The van der Waals surface area contributed by atoms with Gasteiger partial charge in [0.1, 0.15) is 0 Å². The normalized spacial score (nSPS) is 35.6. The molecule has 0 saturated heterocycles. The number of amides is 2. The van der Waals surface area contributed by atoms with E-state index in [-0.39, 0.29) is 24.3 Å². The van der Waals surface area contributed by atoms with Gasteiger partial charge in [-0.3, -0.25) is 14.4 Å². The van der Waals surface area contributed by atoms with Crippen molar-refractivity contribution in [2.24, 2.45) is 28.9 Å². The van der Waals surface area contributed by atoms with Crippen molar-refractivity contribution in [3.63, 3.8) is 0 Å². The van der Waals surface area contributed by atoms with E-state index in [1.807, 2.05) is 0 Å². The van der Waals surface area contributed by atoms with Gasteiger partial charge in [0.15, 0.2) is 6.10 Å². The van der Waals surface area contributed by atoms with E-state index in [0.29, 0.717) is 17.8 Å². The summed E-state index contributed by atoms with van der Waals surface area (Å²) in [4.78, 5) is 35.1. The minimum Gasteiger partial charge on any atom is -0.453 e. The van der Waals surface area contributed by atoms with E-state index in [2.05, 4.69) is 5.32 Å². The smallest absolute Gasteiger partial charge is 0.308 e. The maximum atomic E-state index is 12.7. The molecule has 3 N–H and O–H groups in total. The van der Waals surface area contributed by atoms with Crippen LogP contribution in [-0.2, 0) is 19.1 Å². The SMILES string of the molecule is C[C@@H](OC(=O)CCNC(=O)C12CC3CC(CC(C3)C1)C2)C(N)=O. The highest BCUT2D eigenvalue weighted by atomic mass is 16.5. The predicted molar refractivity (Wildman–Crippen MR) is 83.0 cm³/mol. The number of rotatable bonds is 6. The highest BCUT2D eigenvalue weighted by Gasteiger charge is 2.54. The van der Waals surface area contributed by atoms with Gasteiger partial charge in [-0.1, -0.05) is 0 Å². The Balaban J connectivity index is 1.47. The molecule has 1 atom stereocenters. The number of carbonyl (C=O) groups is 3. The van der Waals surface area contributed by atoms with Gasteiger partial charge in [0, 0.05) is 12.0 Å². The van der Waals surface area contributed by atoms with E-state index in [0.717, 1.165) is 19.3 Å². The quantitative estimate of drug-likeness (QED) is 0.716. The molecule has 2 amide bonds. The van der Waals surface area contributed by atoms with Crippen LogP contribution >= 0.6 is 0 Å². The zero-order valence-electron chi connectivity index (χ0n) is 13.7. The summed E-state index contributed by atoms with van der Waals surface area (Å²) < 4.78 is 4.88. The van der Waals surface area contributed by atoms with Crippen LogP contribution in [0.4, 0.5) is 0 Å². The van der Waals surface area contributed by atoms with Gasteiger partial charge in [0.2, 0.25) is 5.91 Å². The van der Waals surface area contributed by atoms with E-state index in [1.165, 1.54) is 26.2 Å². The average molecular weight is 322 g/mol. The van der Waals surface area contributed by atoms with Crippen LogP contribution in [-0.4, -0.2) is 30.4 Å². The zero-order chi connectivity index (χ0) is 16.6. The molecule has 4 fully saturated rings. The molecule has 4 saturated carbocycles. The summed E-state index contributed by atoms with van der Waals surface area (Å²) in [5.41, 5.74) is 4.85. The third-order valence-electron chi connectivity index (χ3n) is 5.84.